The van der Waals surface area contributed by atoms with Crippen LogP contribution in [0.1, 0.15) is 52.9 Å². The van der Waals surface area contributed by atoms with Crippen molar-refractivity contribution in [2.45, 2.75) is 71.0 Å². The minimum atomic E-state index is -0.0960. The van der Waals surface area contributed by atoms with Crippen LogP contribution in [-0.4, -0.2) is 42.5 Å². The van der Waals surface area contributed by atoms with Gasteiger partial charge in [0.1, 0.15) is 0 Å². The summed E-state index contributed by atoms with van der Waals surface area (Å²) in [7, 11) is 2.03. The maximum absolute atomic E-state index is 12.1. The Labute approximate surface area is 118 Å². The summed E-state index contributed by atoms with van der Waals surface area (Å²) < 4.78 is 0. The molecule has 19 heavy (non-hydrogen) atoms. The smallest absolute Gasteiger partial charge is 0.237 e. The number of nitrogens with zero attached hydrogens (tertiary/aromatic N) is 1. The molecule has 1 saturated carbocycles. The molecule has 1 aliphatic rings. The van der Waals surface area contributed by atoms with Gasteiger partial charge in [0.15, 0.2) is 0 Å². The molecule has 0 aromatic rings. The van der Waals surface area contributed by atoms with Gasteiger partial charge >= 0.3 is 0 Å². The zero-order valence-corrected chi connectivity index (χ0v) is 13.0. The molecular formula is C15H31N3O. The van der Waals surface area contributed by atoms with E-state index in [-0.39, 0.29) is 18.0 Å². The standard InChI is InChI=1S/C15H31N3O/c1-11(2)9-10-17-15(19)12(3)18(4)14-8-6-5-7-13(14)16/h11-14H,5-10,16H2,1-4H3,(H,17,19). The number of carbonyl (C=O) groups is 1. The van der Waals surface area contributed by atoms with Gasteiger partial charge in [-0.25, -0.2) is 0 Å². The normalized spacial score (nSPS) is 25.6. The molecule has 0 spiro atoms. The van der Waals surface area contributed by atoms with E-state index < -0.39 is 0 Å². The Morgan fingerprint density at radius 1 is 1.32 bits per heavy atom. The molecule has 1 amide bonds. The summed E-state index contributed by atoms with van der Waals surface area (Å²) in [6.07, 6.45) is 5.67. The number of nitrogens with two attached hydrogens (primary N) is 1. The average Bonchev–Trinajstić information content (AvgIpc) is 2.37. The molecule has 3 atom stereocenters. The molecule has 0 saturated heterocycles. The minimum Gasteiger partial charge on any atom is -0.355 e. The molecule has 1 aliphatic carbocycles. The van der Waals surface area contributed by atoms with E-state index in [1.165, 1.54) is 12.8 Å². The third kappa shape index (κ3) is 5.11. The summed E-state index contributed by atoms with van der Waals surface area (Å²) in [4.78, 5) is 14.3. The minimum absolute atomic E-state index is 0.0960. The van der Waals surface area contributed by atoms with Gasteiger partial charge in [0, 0.05) is 18.6 Å². The van der Waals surface area contributed by atoms with Crippen LogP contribution in [0.5, 0.6) is 0 Å². The Kier molecular flexibility index (Phi) is 6.80. The lowest BCUT2D eigenvalue weighted by molar-refractivity contribution is -0.126. The van der Waals surface area contributed by atoms with E-state index in [9.17, 15) is 4.79 Å². The zero-order chi connectivity index (χ0) is 14.4. The van der Waals surface area contributed by atoms with Crippen molar-refractivity contribution in [2.75, 3.05) is 13.6 Å². The van der Waals surface area contributed by atoms with Crippen molar-refractivity contribution in [3.05, 3.63) is 0 Å². The highest BCUT2D eigenvalue weighted by atomic mass is 16.2. The second kappa shape index (κ2) is 7.85. The molecule has 0 heterocycles. The molecule has 3 unspecified atom stereocenters. The molecule has 0 aromatic carbocycles. The summed E-state index contributed by atoms with van der Waals surface area (Å²) in [6, 6.07) is 0.463. The second-order valence-corrected chi connectivity index (χ2v) is 6.33. The number of likely N-dealkylation sites (N-methyl/N-ethyl adjacent to an activating group) is 1. The maximum Gasteiger partial charge on any atom is 0.237 e. The Morgan fingerprint density at radius 3 is 2.53 bits per heavy atom. The third-order valence-corrected chi connectivity index (χ3v) is 4.32. The summed E-state index contributed by atoms with van der Waals surface area (Å²) in [6.45, 7) is 7.09. The number of nitrogens with one attached hydrogen (secondary N) is 1. The molecular weight excluding hydrogens is 238 g/mol. The van der Waals surface area contributed by atoms with E-state index in [1.54, 1.807) is 0 Å². The molecule has 4 nitrogen and oxygen atoms in total. The lowest BCUT2D eigenvalue weighted by Crippen LogP contribution is -2.54. The van der Waals surface area contributed by atoms with Crippen LogP contribution in [0.15, 0.2) is 0 Å². The predicted molar refractivity (Wildman–Crippen MR) is 79.9 cm³/mol. The molecule has 0 radical (unpaired) electrons. The van der Waals surface area contributed by atoms with Crippen molar-refractivity contribution in [2.24, 2.45) is 11.7 Å². The fourth-order valence-corrected chi connectivity index (χ4v) is 2.75. The van der Waals surface area contributed by atoms with E-state index in [1.807, 2.05) is 14.0 Å². The fourth-order valence-electron chi connectivity index (χ4n) is 2.75. The number of hydrogen-bond acceptors (Lipinski definition) is 3. The van der Waals surface area contributed by atoms with Crippen LogP contribution < -0.4 is 11.1 Å². The highest BCUT2D eigenvalue weighted by molar-refractivity contribution is 5.81. The Morgan fingerprint density at radius 2 is 1.95 bits per heavy atom. The molecule has 112 valence electrons. The molecule has 0 aromatic heterocycles. The molecule has 0 bridgehead atoms. The topological polar surface area (TPSA) is 58.4 Å². The number of rotatable bonds is 6. The van der Waals surface area contributed by atoms with Crippen LogP contribution in [0.25, 0.3) is 0 Å². The second-order valence-electron chi connectivity index (χ2n) is 6.33. The van der Waals surface area contributed by atoms with Gasteiger partial charge < -0.3 is 11.1 Å². The lowest BCUT2D eigenvalue weighted by atomic mass is 9.89. The zero-order valence-electron chi connectivity index (χ0n) is 13.0. The average molecular weight is 269 g/mol. The number of hydrogen-bond donors (Lipinski definition) is 2. The van der Waals surface area contributed by atoms with Gasteiger partial charge in [0.05, 0.1) is 6.04 Å². The van der Waals surface area contributed by atoms with Crippen molar-refractivity contribution in [1.82, 2.24) is 10.2 Å². The highest BCUT2D eigenvalue weighted by Gasteiger charge is 2.30. The maximum atomic E-state index is 12.1. The van der Waals surface area contributed by atoms with Crippen LogP contribution in [0.2, 0.25) is 0 Å². The summed E-state index contributed by atoms with van der Waals surface area (Å²) >= 11 is 0. The van der Waals surface area contributed by atoms with Crippen molar-refractivity contribution in [3.63, 3.8) is 0 Å². The van der Waals surface area contributed by atoms with E-state index in [0.29, 0.717) is 12.0 Å². The molecule has 1 rings (SSSR count). The summed E-state index contributed by atoms with van der Waals surface area (Å²) in [5, 5.41) is 3.03. The van der Waals surface area contributed by atoms with Crippen LogP contribution >= 0.6 is 0 Å². The Hall–Kier alpha value is -0.610. The van der Waals surface area contributed by atoms with E-state index in [4.69, 9.17) is 5.73 Å². The van der Waals surface area contributed by atoms with Gasteiger partial charge in [0.25, 0.3) is 0 Å². The first kappa shape index (κ1) is 16.4. The van der Waals surface area contributed by atoms with Crippen molar-refractivity contribution >= 4 is 5.91 Å². The Balaban J connectivity index is 2.41. The van der Waals surface area contributed by atoms with Crippen LogP contribution in [-0.2, 0) is 4.79 Å². The van der Waals surface area contributed by atoms with Crippen LogP contribution in [0.3, 0.4) is 0 Å². The van der Waals surface area contributed by atoms with E-state index >= 15 is 0 Å². The number of carbonyl (C=O) groups excluding carboxylic acids is 1. The predicted octanol–water partition coefficient (Wildman–Crippen LogP) is 1.74. The molecule has 3 N–H and O–H groups in total. The van der Waals surface area contributed by atoms with Crippen molar-refractivity contribution in [3.8, 4) is 0 Å². The first-order valence-electron chi connectivity index (χ1n) is 7.68. The fraction of sp³-hybridized carbons (Fsp3) is 0.933. The Bertz CT molecular complexity index is 281. The number of amides is 1. The van der Waals surface area contributed by atoms with Gasteiger partial charge in [0.2, 0.25) is 5.91 Å². The molecule has 4 heteroatoms. The summed E-state index contributed by atoms with van der Waals surface area (Å²) in [5.41, 5.74) is 6.18. The third-order valence-electron chi connectivity index (χ3n) is 4.32. The van der Waals surface area contributed by atoms with E-state index in [2.05, 4.69) is 24.1 Å². The van der Waals surface area contributed by atoms with Crippen LogP contribution in [0, 0.1) is 5.92 Å². The van der Waals surface area contributed by atoms with Crippen molar-refractivity contribution in [1.29, 1.82) is 0 Å². The van der Waals surface area contributed by atoms with Gasteiger partial charge in [-0.3, -0.25) is 9.69 Å². The highest BCUT2D eigenvalue weighted by Crippen LogP contribution is 2.22. The van der Waals surface area contributed by atoms with Crippen molar-refractivity contribution < 1.29 is 4.79 Å². The summed E-state index contributed by atoms with van der Waals surface area (Å²) in [5.74, 6) is 0.751. The lowest BCUT2D eigenvalue weighted by Gasteiger charge is -2.38. The van der Waals surface area contributed by atoms with Gasteiger partial charge in [-0.2, -0.15) is 0 Å². The van der Waals surface area contributed by atoms with Gasteiger partial charge in [-0.15, -0.1) is 0 Å². The van der Waals surface area contributed by atoms with Gasteiger partial charge in [-0.1, -0.05) is 26.7 Å². The van der Waals surface area contributed by atoms with Gasteiger partial charge in [-0.05, 0) is 39.2 Å². The molecule has 1 fully saturated rings. The molecule has 0 aliphatic heterocycles. The van der Waals surface area contributed by atoms with Crippen LogP contribution in [0.4, 0.5) is 0 Å². The first-order valence-corrected chi connectivity index (χ1v) is 7.68. The van der Waals surface area contributed by atoms with E-state index in [0.717, 1.165) is 25.8 Å². The first-order chi connectivity index (χ1) is 8.93. The quantitative estimate of drug-likeness (QED) is 0.772. The largest absolute Gasteiger partial charge is 0.355 e. The SMILES string of the molecule is CC(C)CCNC(=O)C(C)N(C)C1CCCCC1N. The monoisotopic (exact) mass is 269 g/mol.